The molecule has 0 saturated carbocycles. The molecule has 0 saturated heterocycles. The van der Waals surface area contributed by atoms with E-state index in [9.17, 15) is 15.8 Å². The van der Waals surface area contributed by atoms with Gasteiger partial charge < -0.3 is 73.1 Å². The normalized spacial score (nSPS) is 11.5. The quantitative estimate of drug-likeness (QED) is 0.0225. The molecule has 3 rings (SSSR count). The number of hydrogen-bond donors (Lipinski definition) is 0. The maximum Gasteiger partial charge on any atom is 3.00 e. The molecule has 0 aliphatic rings. The molecular weight excluding hydrogens is 1040 g/mol. The second-order valence-corrected chi connectivity index (χ2v) is 19.8. The van der Waals surface area contributed by atoms with Gasteiger partial charge in [-0.2, -0.15) is 0 Å². The zero-order valence-corrected chi connectivity index (χ0v) is 51.9. The number of benzene rings is 3. The van der Waals surface area contributed by atoms with E-state index in [1.807, 2.05) is 72.8 Å². The summed E-state index contributed by atoms with van der Waals surface area (Å²) in [6.07, 6.45) is 18.3. The molecule has 0 aliphatic heterocycles. The van der Waals surface area contributed by atoms with Crippen LogP contribution >= 0.6 is 0 Å². The Morgan fingerprint density at radius 3 is 0.582 bits per heavy atom. The van der Waals surface area contributed by atoms with Crippen LogP contribution in [0.4, 0.5) is 0 Å². The SMILES string of the molecule is CCCCOCC(COCCCC)(O[O-])c1ccc(OCCCC)cc1.CCCCOCC(COCCCC)(O[O-])c1ccc(OCCCC)cc1.CCCCOCC(COCCCC)(O[O-])c1ccc(OCCCC)cc1.[Ti+3]. The van der Waals surface area contributed by atoms with Gasteiger partial charge in [0.2, 0.25) is 0 Å². The van der Waals surface area contributed by atoms with Crippen molar-refractivity contribution in [3.05, 3.63) is 89.5 Å². The Bertz CT molecular complexity index is 1510. The monoisotopic (exact) mass is 1150 g/mol. The van der Waals surface area contributed by atoms with Gasteiger partial charge in [0.15, 0.2) is 0 Å². The number of unbranched alkanes of at least 4 members (excludes halogenated alkanes) is 9. The first-order chi connectivity index (χ1) is 38.2. The van der Waals surface area contributed by atoms with Crippen molar-refractivity contribution >= 4 is 0 Å². The zero-order chi connectivity index (χ0) is 57.3. The minimum absolute atomic E-state index is 0. The Balaban J connectivity index is 0.00000115. The van der Waals surface area contributed by atoms with E-state index in [0.29, 0.717) is 59.5 Å². The van der Waals surface area contributed by atoms with Crippen molar-refractivity contribution in [2.45, 2.75) is 195 Å². The van der Waals surface area contributed by atoms with E-state index >= 15 is 0 Å². The van der Waals surface area contributed by atoms with Crippen molar-refractivity contribution in [1.29, 1.82) is 0 Å². The summed E-state index contributed by atoms with van der Waals surface area (Å²) >= 11 is 0. The second kappa shape index (κ2) is 51.0. The van der Waals surface area contributed by atoms with Crippen molar-refractivity contribution in [1.82, 2.24) is 0 Å². The second-order valence-electron chi connectivity index (χ2n) is 19.8. The van der Waals surface area contributed by atoms with Gasteiger partial charge in [0.05, 0.1) is 59.5 Å². The van der Waals surface area contributed by atoms with Gasteiger partial charge in [0.25, 0.3) is 0 Å². The molecule has 0 aromatic heterocycles. The summed E-state index contributed by atoms with van der Waals surface area (Å²) in [5.41, 5.74) is -1.15. The van der Waals surface area contributed by atoms with Crippen LogP contribution in [0, 0.1) is 0 Å². The molecule has 0 fully saturated rings. The van der Waals surface area contributed by atoms with Crippen LogP contribution in [0.2, 0.25) is 0 Å². The smallest absolute Gasteiger partial charge is 0.722 e. The molecule has 16 heteroatoms. The Morgan fingerprint density at radius 2 is 0.430 bits per heavy atom. The molecule has 3 aromatic carbocycles. The average molecular weight is 1150 g/mol. The van der Waals surface area contributed by atoms with Crippen LogP contribution in [-0.2, 0) is 81.6 Å². The van der Waals surface area contributed by atoms with E-state index in [1.54, 1.807) is 0 Å². The molecule has 0 amide bonds. The summed E-state index contributed by atoms with van der Waals surface area (Å²) < 4.78 is 51.4. The summed E-state index contributed by atoms with van der Waals surface area (Å²) in [4.78, 5) is 14.0. The standard InChI is InChI=1S/3C21H36O5.Ti/c3*1-4-7-14-23-17-21(26-22,18-24-15-8-5-2)19-10-12-20(13-11-19)25-16-9-6-3;/h3*10-13,22H,4-9,14-18H2,1-3H3;/q;;;+3/p-3. The van der Waals surface area contributed by atoms with Crippen molar-refractivity contribution in [3.8, 4) is 17.2 Å². The summed E-state index contributed by atoms with van der Waals surface area (Å²) in [6.45, 7) is 25.8. The van der Waals surface area contributed by atoms with Crippen LogP contribution in [0.5, 0.6) is 17.2 Å². The van der Waals surface area contributed by atoms with Gasteiger partial charge in [0.1, 0.15) is 34.1 Å². The maximum atomic E-state index is 11.7. The first-order valence-electron chi connectivity index (χ1n) is 29.8. The topological polar surface area (TPSA) is 180 Å². The Morgan fingerprint density at radius 1 is 0.266 bits per heavy atom. The largest absolute Gasteiger partial charge is 3.00 e. The Hall–Kier alpha value is -2.71. The first-order valence-corrected chi connectivity index (χ1v) is 29.8. The number of rotatable bonds is 48. The van der Waals surface area contributed by atoms with E-state index in [0.717, 1.165) is 150 Å². The fourth-order valence-corrected chi connectivity index (χ4v) is 7.38. The molecule has 3 aromatic rings. The molecule has 0 unspecified atom stereocenters. The van der Waals surface area contributed by atoms with Crippen LogP contribution in [0.3, 0.4) is 0 Å². The number of hydrogen-bond acceptors (Lipinski definition) is 15. The van der Waals surface area contributed by atoms with Crippen LogP contribution in [0.25, 0.3) is 0 Å². The molecule has 15 nitrogen and oxygen atoms in total. The molecule has 1 radical (unpaired) electrons. The molecule has 79 heavy (non-hydrogen) atoms. The van der Waals surface area contributed by atoms with E-state index in [-0.39, 0.29) is 61.4 Å². The third-order valence-corrected chi connectivity index (χ3v) is 12.8. The number of ether oxygens (including phenoxy) is 9. The summed E-state index contributed by atoms with van der Waals surface area (Å²) in [7, 11) is 0. The van der Waals surface area contributed by atoms with E-state index < -0.39 is 16.8 Å². The fourth-order valence-electron chi connectivity index (χ4n) is 7.38. The van der Waals surface area contributed by atoms with Gasteiger partial charge in [-0.1, -0.05) is 156 Å². The van der Waals surface area contributed by atoms with Crippen molar-refractivity contribution in [2.24, 2.45) is 0 Å². The third kappa shape index (κ3) is 32.7. The van der Waals surface area contributed by atoms with Crippen molar-refractivity contribution in [3.63, 3.8) is 0 Å². The predicted octanol–water partition coefficient (Wildman–Crippen LogP) is 12.0. The maximum absolute atomic E-state index is 11.7. The van der Waals surface area contributed by atoms with Gasteiger partial charge in [-0.05, 0) is 111 Å². The summed E-state index contributed by atoms with van der Waals surface area (Å²) in [5.74, 6) is 2.38. The van der Waals surface area contributed by atoms with Crippen LogP contribution < -0.4 is 30.0 Å². The first kappa shape index (κ1) is 76.3. The Labute approximate surface area is 493 Å². The average Bonchev–Trinajstić information content (AvgIpc) is 3.49. The summed E-state index contributed by atoms with van der Waals surface area (Å²) in [5, 5.41) is 35.1. The molecule has 451 valence electrons. The van der Waals surface area contributed by atoms with Gasteiger partial charge in [-0.3, -0.25) is 0 Å². The van der Waals surface area contributed by atoms with E-state index in [1.165, 1.54) is 0 Å². The van der Waals surface area contributed by atoms with Crippen molar-refractivity contribution in [2.75, 3.05) is 99.1 Å². The van der Waals surface area contributed by atoms with Crippen LogP contribution in [-0.4, -0.2) is 99.1 Å². The summed E-state index contributed by atoms with van der Waals surface area (Å²) in [6, 6.07) is 22.4. The zero-order valence-electron chi connectivity index (χ0n) is 50.4. The van der Waals surface area contributed by atoms with Gasteiger partial charge in [-0.25, -0.2) is 0 Å². The molecular formula is C63H105O15Ti. The minimum atomic E-state index is -1.14. The molecule has 0 heterocycles. The van der Waals surface area contributed by atoms with Gasteiger partial charge in [0, 0.05) is 39.6 Å². The molecule has 0 atom stereocenters. The van der Waals surface area contributed by atoms with Crippen molar-refractivity contribution < 1.29 is 94.8 Å². The van der Waals surface area contributed by atoms with Gasteiger partial charge >= 0.3 is 21.7 Å². The van der Waals surface area contributed by atoms with Crippen LogP contribution in [0.15, 0.2) is 72.8 Å². The fraction of sp³-hybridized carbons (Fsp3) is 0.714. The third-order valence-electron chi connectivity index (χ3n) is 12.8. The molecule has 0 spiro atoms. The van der Waals surface area contributed by atoms with E-state index in [2.05, 4.69) is 77.0 Å². The van der Waals surface area contributed by atoms with E-state index in [4.69, 9.17) is 42.6 Å². The Kier molecular flexibility index (Phi) is 49.2. The van der Waals surface area contributed by atoms with Crippen LogP contribution in [0.1, 0.15) is 195 Å². The molecule has 0 bridgehead atoms. The molecule has 0 N–H and O–H groups in total. The predicted molar refractivity (Wildman–Crippen MR) is 303 cm³/mol. The van der Waals surface area contributed by atoms with Gasteiger partial charge in [-0.15, -0.1) is 0 Å². The molecule has 0 aliphatic carbocycles. The minimum Gasteiger partial charge on any atom is -0.722 e.